The lowest BCUT2D eigenvalue weighted by atomic mass is 9.98. The van der Waals surface area contributed by atoms with Crippen LogP contribution in [0.2, 0.25) is 0 Å². The zero-order valence-electron chi connectivity index (χ0n) is 11.3. The number of hydrogen-bond donors (Lipinski definition) is 1. The first-order valence-corrected chi connectivity index (χ1v) is 6.00. The van der Waals surface area contributed by atoms with Crippen LogP contribution >= 0.6 is 12.4 Å². The summed E-state index contributed by atoms with van der Waals surface area (Å²) < 4.78 is 44.1. The highest BCUT2D eigenvalue weighted by Gasteiger charge is 2.33. The minimum atomic E-state index is -4.41. The molecular weight excluding hydrogens is 303 g/mol. The van der Waals surface area contributed by atoms with Crippen LogP contribution in [0, 0.1) is 0 Å². The molecule has 0 bridgehead atoms. The van der Waals surface area contributed by atoms with Crippen molar-refractivity contribution in [2.24, 2.45) is 5.73 Å². The molecule has 0 saturated carbocycles. The van der Waals surface area contributed by atoms with E-state index in [1.54, 1.807) is 30.3 Å². The number of methoxy groups -OCH3 is 1. The molecule has 0 atom stereocenters. The van der Waals surface area contributed by atoms with E-state index in [4.69, 9.17) is 10.5 Å². The molecule has 0 spiro atoms. The maximum Gasteiger partial charge on any atom is 0.416 e. The lowest BCUT2D eigenvalue weighted by Crippen LogP contribution is -2.12. The first-order valence-electron chi connectivity index (χ1n) is 6.00. The molecule has 0 unspecified atom stereocenters. The van der Waals surface area contributed by atoms with Gasteiger partial charge >= 0.3 is 6.18 Å². The average molecular weight is 318 g/mol. The van der Waals surface area contributed by atoms with Crippen LogP contribution in [-0.4, -0.2) is 7.11 Å². The Balaban J connectivity index is 0.00000220. The fourth-order valence-electron chi connectivity index (χ4n) is 2.00. The van der Waals surface area contributed by atoms with Crippen molar-refractivity contribution < 1.29 is 17.9 Å². The predicted octanol–water partition coefficient (Wildman–Crippen LogP) is 4.26. The Kier molecular flexibility index (Phi) is 5.63. The third-order valence-electron chi connectivity index (χ3n) is 3.04. The molecule has 6 heteroatoms. The Morgan fingerprint density at radius 3 is 2.29 bits per heavy atom. The van der Waals surface area contributed by atoms with E-state index in [0.29, 0.717) is 16.9 Å². The van der Waals surface area contributed by atoms with Crippen molar-refractivity contribution in [2.45, 2.75) is 12.7 Å². The summed E-state index contributed by atoms with van der Waals surface area (Å²) in [5.41, 5.74) is 5.90. The Morgan fingerprint density at radius 1 is 1.05 bits per heavy atom. The van der Waals surface area contributed by atoms with Crippen molar-refractivity contribution in [3.05, 3.63) is 53.6 Å². The lowest BCUT2D eigenvalue weighted by molar-refractivity contribution is -0.138. The van der Waals surface area contributed by atoms with Gasteiger partial charge in [0.1, 0.15) is 5.75 Å². The number of hydrogen-bond acceptors (Lipinski definition) is 2. The normalized spacial score (nSPS) is 10.9. The molecule has 114 valence electrons. The van der Waals surface area contributed by atoms with E-state index in [1.807, 2.05) is 0 Å². The number of benzene rings is 2. The zero-order chi connectivity index (χ0) is 14.8. The number of alkyl halides is 3. The number of nitrogens with two attached hydrogens (primary N) is 1. The van der Waals surface area contributed by atoms with Gasteiger partial charge in [-0.3, -0.25) is 0 Å². The Bertz CT molecular complexity index is 614. The van der Waals surface area contributed by atoms with Gasteiger partial charge in [0.05, 0.1) is 12.7 Å². The summed E-state index contributed by atoms with van der Waals surface area (Å²) in [6.07, 6.45) is -4.41. The van der Waals surface area contributed by atoms with Crippen LogP contribution in [0.25, 0.3) is 11.1 Å². The molecule has 0 fully saturated rings. The predicted molar refractivity (Wildman–Crippen MR) is 78.6 cm³/mol. The van der Waals surface area contributed by atoms with E-state index in [9.17, 15) is 13.2 Å². The van der Waals surface area contributed by atoms with Gasteiger partial charge in [-0.05, 0) is 34.9 Å². The van der Waals surface area contributed by atoms with Crippen molar-refractivity contribution in [2.75, 3.05) is 7.11 Å². The van der Waals surface area contributed by atoms with Crippen molar-refractivity contribution >= 4 is 12.4 Å². The topological polar surface area (TPSA) is 35.2 Å². The molecule has 0 aliphatic carbocycles. The van der Waals surface area contributed by atoms with Crippen LogP contribution in [-0.2, 0) is 12.7 Å². The number of halogens is 4. The molecule has 0 aliphatic rings. The molecule has 0 saturated heterocycles. The quantitative estimate of drug-likeness (QED) is 0.918. The van der Waals surface area contributed by atoms with E-state index < -0.39 is 11.7 Å². The molecule has 21 heavy (non-hydrogen) atoms. The van der Waals surface area contributed by atoms with Gasteiger partial charge in [0.15, 0.2) is 0 Å². The molecule has 0 aliphatic heterocycles. The van der Waals surface area contributed by atoms with Gasteiger partial charge in [0.25, 0.3) is 0 Å². The summed E-state index contributed by atoms with van der Waals surface area (Å²) >= 11 is 0. The molecule has 2 N–H and O–H groups in total. The van der Waals surface area contributed by atoms with Crippen molar-refractivity contribution in [1.29, 1.82) is 0 Å². The van der Waals surface area contributed by atoms with Crippen LogP contribution in [0.4, 0.5) is 13.2 Å². The summed E-state index contributed by atoms with van der Waals surface area (Å²) in [5.74, 6) is 0.596. The van der Waals surface area contributed by atoms with Gasteiger partial charge in [-0.25, -0.2) is 0 Å². The van der Waals surface area contributed by atoms with E-state index in [1.165, 1.54) is 13.2 Å². The summed E-state index contributed by atoms with van der Waals surface area (Å²) in [6, 6.07) is 11.1. The second kappa shape index (κ2) is 6.83. The molecule has 0 aromatic heterocycles. The summed E-state index contributed by atoms with van der Waals surface area (Å²) in [4.78, 5) is 0. The van der Waals surface area contributed by atoms with Crippen LogP contribution in [0.1, 0.15) is 11.1 Å². The number of ether oxygens (including phenoxy) is 1. The van der Waals surface area contributed by atoms with Crippen molar-refractivity contribution in [3.8, 4) is 16.9 Å². The average Bonchev–Trinajstić information content (AvgIpc) is 2.45. The highest BCUT2D eigenvalue weighted by atomic mass is 35.5. The largest absolute Gasteiger partial charge is 0.497 e. The lowest BCUT2D eigenvalue weighted by Gasteiger charge is -2.14. The second-order valence-corrected chi connectivity index (χ2v) is 4.31. The monoisotopic (exact) mass is 317 g/mol. The summed E-state index contributed by atoms with van der Waals surface area (Å²) in [6.45, 7) is -0.146. The van der Waals surface area contributed by atoms with Crippen LogP contribution in [0.15, 0.2) is 42.5 Å². The molecule has 0 heterocycles. The maximum absolute atomic E-state index is 13.0. The Hall–Kier alpha value is -1.72. The van der Waals surface area contributed by atoms with Gasteiger partial charge in [0.2, 0.25) is 0 Å². The van der Waals surface area contributed by atoms with E-state index >= 15 is 0 Å². The molecule has 0 amide bonds. The van der Waals surface area contributed by atoms with Gasteiger partial charge in [-0.1, -0.05) is 24.3 Å². The SMILES string of the molecule is COc1cccc(-c2ccc(CN)c(C(F)(F)F)c2)c1.Cl. The molecule has 2 aromatic carbocycles. The first kappa shape index (κ1) is 17.3. The maximum atomic E-state index is 13.0. The highest BCUT2D eigenvalue weighted by molar-refractivity contribution is 5.85. The molecule has 2 nitrogen and oxygen atoms in total. The highest BCUT2D eigenvalue weighted by Crippen LogP contribution is 2.35. The fourth-order valence-corrected chi connectivity index (χ4v) is 2.00. The second-order valence-electron chi connectivity index (χ2n) is 4.31. The van der Waals surface area contributed by atoms with E-state index in [0.717, 1.165) is 6.07 Å². The summed E-state index contributed by atoms with van der Waals surface area (Å²) in [7, 11) is 1.51. The molecular formula is C15H15ClF3NO. The third kappa shape index (κ3) is 3.89. The Labute approximate surface area is 127 Å². The molecule has 2 aromatic rings. The van der Waals surface area contributed by atoms with Crippen LogP contribution in [0.5, 0.6) is 5.75 Å². The third-order valence-corrected chi connectivity index (χ3v) is 3.04. The molecule has 0 radical (unpaired) electrons. The smallest absolute Gasteiger partial charge is 0.416 e. The fraction of sp³-hybridized carbons (Fsp3) is 0.200. The minimum Gasteiger partial charge on any atom is -0.497 e. The standard InChI is InChI=1S/C15H14F3NO.ClH/c1-20-13-4-2-3-10(7-13)11-5-6-12(9-19)14(8-11)15(16,17)18;/h2-8H,9,19H2,1H3;1H. The van der Waals surface area contributed by atoms with Gasteiger partial charge in [-0.15, -0.1) is 12.4 Å². The Morgan fingerprint density at radius 2 is 1.71 bits per heavy atom. The van der Waals surface area contributed by atoms with E-state index in [2.05, 4.69) is 0 Å². The molecule has 2 rings (SSSR count). The van der Waals surface area contributed by atoms with Gasteiger partial charge < -0.3 is 10.5 Å². The number of rotatable bonds is 3. The zero-order valence-corrected chi connectivity index (χ0v) is 12.1. The van der Waals surface area contributed by atoms with Crippen LogP contribution < -0.4 is 10.5 Å². The van der Waals surface area contributed by atoms with Crippen molar-refractivity contribution in [3.63, 3.8) is 0 Å². The minimum absolute atomic E-state index is 0. The van der Waals surface area contributed by atoms with Gasteiger partial charge in [0, 0.05) is 6.54 Å². The van der Waals surface area contributed by atoms with Crippen LogP contribution in [0.3, 0.4) is 0 Å². The van der Waals surface area contributed by atoms with Crippen molar-refractivity contribution in [1.82, 2.24) is 0 Å². The van der Waals surface area contributed by atoms with E-state index in [-0.39, 0.29) is 24.5 Å². The first-order chi connectivity index (χ1) is 9.45. The summed E-state index contributed by atoms with van der Waals surface area (Å²) in [5, 5.41) is 0. The van der Waals surface area contributed by atoms with Gasteiger partial charge in [-0.2, -0.15) is 13.2 Å².